The first-order chi connectivity index (χ1) is 11.0. The number of carbonyl (C=O) groups excluding carboxylic acids is 1. The van der Waals surface area contributed by atoms with E-state index in [4.69, 9.17) is 0 Å². The van der Waals surface area contributed by atoms with Crippen molar-refractivity contribution < 1.29 is 4.79 Å². The minimum absolute atomic E-state index is 0.184. The monoisotopic (exact) mass is 330 g/mol. The third kappa shape index (κ3) is 3.29. The maximum Gasteiger partial charge on any atom is 0.240 e. The summed E-state index contributed by atoms with van der Waals surface area (Å²) in [5, 5.41) is 6.69. The summed E-state index contributed by atoms with van der Waals surface area (Å²) in [5.41, 5.74) is 0.992. The molecular weight excluding hydrogens is 304 g/mol. The van der Waals surface area contributed by atoms with Crippen LogP contribution >= 0.6 is 11.3 Å². The van der Waals surface area contributed by atoms with E-state index in [-0.39, 0.29) is 11.4 Å². The Balaban J connectivity index is 1.65. The van der Waals surface area contributed by atoms with Crippen LogP contribution < -0.4 is 5.32 Å². The fourth-order valence-corrected chi connectivity index (χ4v) is 4.10. The number of nitrogens with one attached hydrogen (secondary N) is 1. The number of rotatable bonds is 6. The predicted molar refractivity (Wildman–Crippen MR) is 97.7 cm³/mol. The molecule has 1 aliphatic heterocycles. The van der Waals surface area contributed by atoms with Crippen molar-refractivity contribution in [1.82, 2.24) is 10.2 Å². The highest BCUT2D eigenvalue weighted by Gasteiger charge is 2.46. The molecule has 4 heteroatoms. The Morgan fingerprint density at radius 1 is 1.39 bits per heavy atom. The molecule has 1 N–H and O–H groups in total. The Morgan fingerprint density at radius 3 is 2.87 bits per heavy atom. The summed E-state index contributed by atoms with van der Waals surface area (Å²) >= 11 is 1.79. The molecule has 1 aromatic carbocycles. The van der Waals surface area contributed by atoms with Crippen molar-refractivity contribution >= 4 is 27.3 Å². The molecule has 2 aromatic rings. The molecule has 1 aromatic heterocycles. The first kappa shape index (κ1) is 16.5. The number of thiophene rings is 1. The van der Waals surface area contributed by atoms with E-state index in [2.05, 4.69) is 60.6 Å². The van der Waals surface area contributed by atoms with E-state index in [0.717, 1.165) is 32.5 Å². The second-order valence-electron chi connectivity index (χ2n) is 7.14. The fourth-order valence-electron chi connectivity index (χ4n) is 3.14. The number of amides is 1. The fraction of sp³-hybridized carbons (Fsp3) is 0.526. The summed E-state index contributed by atoms with van der Waals surface area (Å²) in [7, 11) is 0. The molecule has 0 spiro atoms. The molecule has 0 saturated carbocycles. The Hall–Kier alpha value is -1.39. The van der Waals surface area contributed by atoms with E-state index in [1.54, 1.807) is 11.3 Å². The Labute approximate surface area is 142 Å². The van der Waals surface area contributed by atoms with E-state index in [9.17, 15) is 4.79 Å². The zero-order valence-corrected chi connectivity index (χ0v) is 15.1. The number of hydrogen-bond acceptors (Lipinski definition) is 3. The van der Waals surface area contributed by atoms with Gasteiger partial charge in [0.15, 0.2) is 0 Å². The molecule has 1 saturated heterocycles. The lowest BCUT2D eigenvalue weighted by molar-refractivity contribution is -0.141. The smallest absolute Gasteiger partial charge is 0.240 e. The lowest BCUT2D eigenvalue weighted by atomic mass is 9.85. The van der Waals surface area contributed by atoms with Crippen LogP contribution in [0.3, 0.4) is 0 Å². The zero-order chi connectivity index (χ0) is 16.4. The van der Waals surface area contributed by atoms with Crippen molar-refractivity contribution in [2.45, 2.75) is 45.7 Å². The van der Waals surface area contributed by atoms with Gasteiger partial charge < -0.3 is 5.32 Å². The van der Waals surface area contributed by atoms with Crippen molar-refractivity contribution in [2.24, 2.45) is 5.92 Å². The van der Waals surface area contributed by atoms with Gasteiger partial charge in [0, 0.05) is 24.3 Å². The van der Waals surface area contributed by atoms with Crippen molar-refractivity contribution in [3.05, 3.63) is 35.2 Å². The van der Waals surface area contributed by atoms with Crippen molar-refractivity contribution in [3.63, 3.8) is 0 Å². The van der Waals surface area contributed by atoms with Crippen LogP contribution in [0.2, 0.25) is 0 Å². The van der Waals surface area contributed by atoms with Gasteiger partial charge in [0.25, 0.3) is 0 Å². The van der Waals surface area contributed by atoms with E-state index >= 15 is 0 Å². The van der Waals surface area contributed by atoms with Crippen molar-refractivity contribution in [3.8, 4) is 0 Å². The van der Waals surface area contributed by atoms with E-state index in [0.29, 0.717) is 5.92 Å². The third-order valence-corrected chi connectivity index (χ3v) is 6.00. The summed E-state index contributed by atoms with van der Waals surface area (Å²) in [4.78, 5) is 14.9. The van der Waals surface area contributed by atoms with E-state index in [1.165, 1.54) is 15.6 Å². The second kappa shape index (κ2) is 6.62. The van der Waals surface area contributed by atoms with Gasteiger partial charge in [0.05, 0.1) is 5.54 Å². The molecule has 1 fully saturated rings. The van der Waals surface area contributed by atoms with Crippen LogP contribution in [-0.4, -0.2) is 29.4 Å². The van der Waals surface area contributed by atoms with Gasteiger partial charge in [-0.15, -0.1) is 11.3 Å². The van der Waals surface area contributed by atoms with Crippen LogP contribution in [0.5, 0.6) is 0 Å². The first-order valence-electron chi connectivity index (χ1n) is 8.49. The molecule has 3 rings (SSSR count). The molecule has 1 amide bonds. The number of benzene rings is 1. The van der Waals surface area contributed by atoms with Gasteiger partial charge in [-0.3, -0.25) is 9.69 Å². The summed E-state index contributed by atoms with van der Waals surface area (Å²) in [6, 6.07) is 8.52. The topological polar surface area (TPSA) is 32.3 Å². The SMILES string of the molecule is CC(C)CCNC(=O)C1(C)CCN1Cc1csc2ccccc12. The molecule has 124 valence electrons. The Morgan fingerprint density at radius 2 is 2.17 bits per heavy atom. The van der Waals surface area contributed by atoms with Gasteiger partial charge >= 0.3 is 0 Å². The third-order valence-electron chi connectivity index (χ3n) is 4.99. The molecular formula is C19H26N2OS. The first-order valence-corrected chi connectivity index (χ1v) is 9.37. The average molecular weight is 330 g/mol. The molecule has 0 aliphatic carbocycles. The lowest BCUT2D eigenvalue weighted by Gasteiger charge is -2.49. The Bertz CT molecular complexity index is 693. The van der Waals surface area contributed by atoms with Gasteiger partial charge in [0.1, 0.15) is 0 Å². The van der Waals surface area contributed by atoms with Gasteiger partial charge in [-0.25, -0.2) is 0 Å². The van der Waals surface area contributed by atoms with Gasteiger partial charge in [-0.2, -0.15) is 0 Å². The van der Waals surface area contributed by atoms with Crippen LogP contribution in [0.4, 0.5) is 0 Å². The van der Waals surface area contributed by atoms with Crippen LogP contribution in [0.15, 0.2) is 29.6 Å². The maximum absolute atomic E-state index is 12.6. The lowest BCUT2D eigenvalue weighted by Crippen LogP contribution is -2.65. The highest BCUT2D eigenvalue weighted by molar-refractivity contribution is 7.17. The Kier molecular flexibility index (Phi) is 4.74. The summed E-state index contributed by atoms with van der Waals surface area (Å²) < 4.78 is 1.33. The molecule has 23 heavy (non-hydrogen) atoms. The van der Waals surface area contributed by atoms with Gasteiger partial charge in [0.2, 0.25) is 5.91 Å². The quantitative estimate of drug-likeness (QED) is 0.867. The van der Waals surface area contributed by atoms with Crippen LogP contribution in [0.1, 0.15) is 39.2 Å². The van der Waals surface area contributed by atoms with Crippen molar-refractivity contribution in [1.29, 1.82) is 0 Å². The normalized spacial score (nSPS) is 21.6. The molecule has 3 nitrogen and oxygen atoms in total. The van der Waals surface area contributed by atoms with E-state index < -0.39 is 0 Å². The molecule has 2 heterocycles. The summed E-state index contributed by atoms with van der Waals surface area (Å²) in [6.07, 6.45) is 1.99. The minimum atomic E-state index is -0.347. The minimum Gasteiger partial charge on any atom is -0.354 e. The number of fused-ring (bicyclic) bond motifs is 1. The molecule has 0 bridgehead atoms. The number of hydrogen-bond donors (Lipinski definition) is 1. The van der Waals surface area contributed by atoms with Crippen LogP contribution in [-0.2, 0) is 11.3 Å². The van der Waals surface area contributed by atoms with Gasteiger partial charge in [-0.05, 0) is 48.1 Å². The zero-order valence-electron chi connectivity index (χ0n) is 14.3. The summed E-state index contributed by atoms with van der Waals surface area (Å²) in [6.45, 7) is 9.09. The number of nitrogens with zero attached hydrogens (tertiary/aromatic N) is 1. The number of likely N-dealkylation sites (tertiary alicyclic amines) is 1. The maximum atomic E-state index is 12.6. The van der Waals surface area contributed by atoms with E-state index in [1.807, 2.05) is 0 Å². The highest BCUT2D eigenvalue weighted by atomic mass is 32.1. The predicted octanol–water partition coefficient (Wildman–Crippen LogP) is 4.03. The van der Waals surface area contributed by atoms with Crippen molar-refractivity contribution in [2.75, 3.05) is 13.1 Å². The van der Waals surface area contributed by atoms with Crippen LogP contribution in [0, 0.1) is 5.92 Å². The molecule has 0 radical (unpaired) electrons. The van der Waals surface area contributed by atoms with Gasteiger partial charge in [-0.1, -0.05) is 32.0 Å². The van der Waals surface area contributed by atoms with Crippen LogP contribution in [0.25, 0.3) is 10.1 Å². The standard InChI is InChI=1S/C19H26N2OS/c1-14(2)8-10-20-18(22)19(3)9-11-21(19)12-15-13-23-17-7-5-4-6-16(15)17/h4-7,13-14H,8-12H2,1-3H3,(H,20,22). The molecule has 1 aliphatic rings. The largest absolute Gasteiger partial charge is 0.354 e. The summed E-state index contributed by atoms with van der Waals surface area (Å²) in [5.74, 6) is 0.807. The molecule has 1 unspecified atom stereocenters. The molecule has 1 atom stereocenters. The second-order valence-corrected chi connectivity index (χ2v) is 8.05. The average Bonchev–Trinajstić information content (AvgIpc) is 2.93. The highest BCUT2D eigenvalue weighted by Crippen LogP contribution is 2.35. The number of carbonyl (C=O) groups is 1.